The molecular weight excluding hydrogens is 246 g/mol. The summed E-state index contributed by atoms with van der Waals surface area (Å²) in [5.41, 5.74) is 0.754. The van der Waals surface area contributed by atoms with Crippen LogP contribution in [0, 0.1) is 5.92 Å². The molecule has 0 saturated carbocycles. The smallest absolute Gasteiger partial charge is 0.397 e. The number of piperidine rings is 1. The van der Waals surface area contributed by atoms with Crippen molar-refractivity contribution < 1.29 is 19.1 Å². The molecule has 2 unspecified atom stereocenters. The molecule has 2 atom stereocenters. The molecular formula is C14H17NO4. The Hall–Kier alpha value is -1.91. The lowest BCUT2D eigenvalue weighted by Crippen LogP contribution is -2.49. The average Bonchev–Trinajstić information content (AvgIpc) is 2.45. The number of amides is 1. The minimum atomic E-state index is -0.898. The molecule has 5 heteroatoms. The molecule has 0 aromatic heterocycles. The van der Waals surface area contributed by atoms with Gasteiger partial charge in [0.2, 0.25) is 0 Å². The Morgan fingerprint density at radius 3 is 2.95 bits per heavy atom. The maximum atomic E-state index is 12.1. The minimum absolute atomic E-state index is 0.145. The van der Waals surface area contributed by atoms with Gasteiger partial charge in [0.15, 0.2) is 0 Å². The molecule has 1 fully saturated rings. The van der Waals surface area contributed by atoms with Crippen LogP contribution in [0.4, 0.5) is 0 Å². The third-order valence-electron chi connectivity index (χ3n) is 3.49. The van der Waals surface area contributed by atoms with Crippen LogP contribution in [0.5, 0.6) is 0 Å². The average molecular weight is 263 g/mol. The van der Waals surface area contributed by atoms with Crippen LogP contribution in [0.25, 0.3) is 0 Å². The number of hydrogen-bond acceptors (Lipinski definition) is 4. The number of carbonyl (C=O) groups excluding carboxylic acids is 3. The maximum absolute atomic E-state index is 12.1. The summed E-state index contributed by atoms with van der Waals surface area (Å²) in [6, 6.07) is -0.564. The second-order valence-corrected chi connectivity index (χ2v) is 4.63. The predicted octanol–water partition coefficient (Wildman–Crippen LogP) is 1.20. The number of ether oxygens (including phenoxy) is 1. The monoisotopic (exact) mass is 263 g/mol. The van der Waals surface area contributed by atoms with E-state index in [2.05, 4.69) is 0 Å². The third kappa shape index (κ3) is 2.59. The van der Waals surface area contributed by atoms with Gasteiger partial charge in [0.25, 0.3) is 0 Å². The van der Waals surface area contributed by atoms with Crippen LogP contribution in [-0.4, -0.2) is 35.7 Å². The molecule has 0 N–H and O–H groups in total. The largest absolute Gasteiger partial charge is 0.459 e. The fourth-order valence-corrected chi connectivity index (χ4v) is 2.59. The summed E-state index contributed by atoms with van der Waals surface area (Å²) >= 11 is 0. The number of likely N-dealkylation sites (tertiary alicyclic amines) is 1. The van der Waals surface area contributed by atoms with Gasteiger partial charge in [0.05, 0.1) is 12.6 Å². The van der Waals surface area contributed by atoms with Crippen LogP contribution in [-0.2, 0) is 19.1 Å². The molecule has 2 rings (SSSR count). The Bertz CT molecular complexity index is 452. The van der Waals surface area contributed by atoms with Gasteiger partial charge in [-0.25, -0.2) is 4.79 Å². The van der Waals surface area contributed by atoms with Gasteiger partial charge in [-0.3, -0.25) is 9.69 Å². The Labute approximate surface area is 111 Å². The first-order valence-electron chi connectivity index (χ1n) is 6.51. The molecule has 0 bridgehead atoms. The van der Waals surface area contributed by atoms with Crippen LogP contribution >= 0.6 is 0 Å². The van der Waals surface area contributed by atoms with E-state index in [0.29, 0.717) is 6.42 Å². The molecule has 19 heavy (non-hydrogen) atoms. The van der Waals surface area contributed by atoms with E-state index >= 15 is 0 Å². The molecule has 5 nitrogen and oxygen atoms in total. The number of carbonyl (C=O) groups is 3. The van der Waals surface area contributed by atoms with Crippen molar-refractivity contribution in [3.05, 3.63) is 23.9 Å². The third-order valence-corrected chi connectivity index (χ3v) is 3.49. The molecule has 0 aromatic rings. The van der Waals surface area contributed by atoms with Crippen molar-refractivity contribution in [1.29, 1.82) is 0 Å². The minimum Gasteiger partial charge on any atom is -0.459 e. The van der Waals surface area contributed by atoms with Crippen molar-refractivity contribution in [2.24, 2.45) is 5.92 Å². The highest BCUT2D eigenvalue weighted by atomic mass is 16.5. The first-order chi connectivity index (χ1) is 9.19. The van der Waals surface area contributed by atoms with Gasteiger partial charge in [-0.1, -0.05) is 12.2 Å². The van der Waals surface area contributed by atoms with Crippen LogP contribution in [0.15, 0.2) is 23.9 Å². The van der Waals surface area contributed by atoms with E-state index in [0.717, 1.165) is 24.8 Å². The fourth-order valence-electron chi connectivity index (χ4n) is 2.59. The molecule has 1 aliphatic carbocycles. The number of hydrogen-bond donors (Lipinski definition) is 0. The fraction of sp³-hybridized carbons (Fsp3) is 0.500. The lowest BCUT2D eigenvalue weighted by Gasteiger charge is -2.39. The van der Waals surface area contributed by atoms with Gasteiger partial charge in [-0.05, 0) is 32.3 Å². The summed E-state index contributed by atoms with van der Waals surface area (Å²) in [5.74, 6) is -1.43. The Balaban J connectivity index is 2.28. The molecule has 0 spiro atoms. The van der Waals surface area contributed by atoms with E-state index in [1.807, 2.05) is 12.2 Å². The highest BCUT2D eigenvalue weighted by Crippen LogP contribution is 2.35. The van der Waals surface area contributed by atoms with E-state index in [1.54, 1.807) is 13.0 Å². The summed E-state index contributed by atoms with van der Waals surface area (Å²) in [6.07, 6.45) is 8.70. The first-order valence-corrected chi connectivity index (χ1v) is 6.51. The predicted molar refractivity (Wildman–Crippen MR) is 67.9 cm³/mol. The zero-order chi connectivity index (χ0) is 13.8. The molecule has 1 saturated heterocycles. The second kappa shape index (κ2) is 5.82. The quantitative estimate of drug-likeness (QED) is 0.426. The topological polar surface area (TPSA) is 63.7 Å². The Kier molecular flexibility index (Phi) is 4.14. The molecule has 1 heterocycles. The highest BCUT2D eigenvalue weighted by Gasteiger charge is 2.38. The van der Waals surface area contributed by atoms with E-state index in [-0.39, 0.29) is 12.5 Å². The van der Waals surface area contributed by atoms with Gasteiger partial charge in [-0.15, -0.1) is 0 Å². The van der Waals surface area contributed by atoms with Crippen LogP contribution in [0.2, 0.25) is 0 Å². The van der Waals surface area contributed by atoms with Crippen molar-refractivity contribution in [2.75, 3.05) is 6.61 Å². The summed E-state index contributed by atoms with van der Waals surface area (Å²) in [6.45, 7) is 1.79. The van der Waals surface area contributed by atoms with Crippen molar-refractivity contribution in [3.8, 4) is 0 Å². The molecule has 0 radical (unpaired) electrons. The van der Waals surface area contributed by atoms with Crippen molar-refractivity contribution in [1.82, 2.24) is 4.90 Å². The number of aldehydes is 1. The number of allylic oxidation sites excluding steroid dienone is 4. The lowest BCUT2D eigenvalue weighted by atomic mass is 9.85. The zero-order valence-corrected chi connectivity index (χ0v) is 10.9. The number of nitrogens with zero attached hydrogens (tertiary/aromatic N) is 1. The second-order valence-electron chi connectivity index (χ2n) is 4.63. The summed E-state index contributed by atoms with van der Waals surface area (Å²) in [5, 5.41) is 0. The highest BCUT2D eigenvalue weighted by molar-refractivity contribution is 6.33. The maximum Gasteiger partial charge on any atom is 0.397 e. The van der Waals surface area contributed by atoms with Gasteiger partial charge in [0, 0.05) is 11.6 Å². The van der Waals surface area contributed by atoms with E-state index in [9.17, 15) is 14.4 Å². The van der Waals surface area contributed by atoms with Gasteiger partial charge >= 0.3 is 11.9 Å². The van der Waals surface area contributed by atoms with Crippen molar-refractivity contribution in [3.63, 3.8) is 0 Å². The number of fused-ring (bicyclic) bond motifs is 1. The lowest BCUT2D eigenvalue weighted by molar-refractivity contribution is -0.161. The standard InChI is InChI=1S/C14H17NO4/c1-2-19-14(18)13(17)15-11(9-16)8-7-10-5-3-4-6-12(10)15/h3-4,6,9-11H,2,5,7-8H2,1H3. The van der Waals surface area contributed by atoms with Crippen molar-refractivity contribution >= 4 is 18.2 Å². The SMILES string of the molecule is CCOC(=O)C(=O)N1C2=CC=CCC2CCC1C=O. The van der Waals surface area contributed by atoms with Crippen LogP contribution < -0.4 is 0 Å². The molecule has 102 valence electrons. The summed E-state index contributed by atoms with van der Waals surface area (Å²) < 4.78 is 4.74. The zero-order valence-electron chi connectivity index (χ0n) is 10.9. The number of esters is 1. The van der Waals surface area contributed by atoms with Crippen LogP contribution in [0.1, 0.15) is 26.2 Å². The Morgan fingerprint density at radius 2 is 2.26 bits per heavy atom. The molecule has 1 aliphatic heterocycles. The van der Waals surface area contributed by atoms with Gasteiger partial charge in [-0.2, -0.15) is 0 Å². The van der Waals surface area contributed by atoms with Gasteiger partial charge in [0.1, 0.15) is 6.29 Å². The van der Waals surface area contributed by atoms with Crippen molar-refractivity contribution in [2.45, 2.75) is 32.2 Å². The van der Waals surface area contributed by atoms with E-state index in [4.69, 9.17) is 4.74 Å². The molecule has 0 aromatic carbocycles. The first kappa shape index (κ1) is 13.5. The van der Waals surface area contributed by atoms with Gasteiger partial charge < -0.3 is 9.53 Å². The van der Waals surface area contributed by atoms with E-state index < -0.39 is 17.9 Å². The molecule has 1 amide bonds. The Morgan fingerprint density at radius 1 is 1.47 bits per heavy atom. The normalized spacial score (nSPS) is 25.3. The summed E-state index contributed by atoms with van der Waals surface area (Å²) in [4.78, 5) is 36.2. The van der Waals surface area contributed by atoms with Crippen LogP contribution in [0.3, 0.4) is 0 Å². The van der Waals surface area contributed by atoms with E-state index in [1.165, 1.54) is 4.90 Å². The summed E-state index contributed by atoms with van der Waals surface area (Å²) in [7, 11) is 0. The molecule has 2 aliphatic rings. The number of rotatable bonds is 2.